The molecule has 1 aliphatic heterocycles. The summed E-state index contributed by atoms with van der Waals surface area (Å²) < 4.78 is 1.55. The predicted octanol–water partition coefficient (Wildman–Crippen LogP) is 0.0567. The van der Waals surface area contributed by atoms with Gasteiger partial charge in [0, 0.05) is 12.6 Å². The number of nitrogens with zero attached hydrogens (tertiary/aromatic N) is 6. The van der Waals surface area contributed by atoms with E-state index in [0.717, 1.165) is 18.5 Å². The summed E-state index contributed by atoms with van der Waals surface area (Å²) in [5, 5.41) is 20.5. The topological polar surface area (TPSA) is 139 Å². The van der Waals surface area contributed by atoms with Crippen molar-refractivity contribution in [1.29, 1.82) is 0 Å². The van der Waals surface area contributed by atoms with Crippen LogP contribution in [0, 0.1) is 0 Å². The number of nitrogens with one attached hydrogen (secondary N) is 2. The van der Waals surface area contributed by atoms with Gasteiger partial charge in [0.15, 0.2) is 5.82 Å². The van der Waals surface area contributed by atoms with E-state index in [2.05, 4.69) is 31.0 Å². The number of benzene rings is 1. The number of hydrogen-bond acceptors (Lipinski definition) is 7. The highest BCUT2D eigenvalue weighted by Gasteiger charge is 2.33. The summed E-state index contributed by atoms with van der Waals surface area (Å²) in [4.78, 5) is 38.4. The second kappa shape index (κ2) is 8.64. The Kier molecular flexibility index (Phi) is 5.59. The number of para-hydroxylation sites is 1. The van der Waals surface area contributed by atoms with Crippen LogP contribution in [0.1, 0.15) is 35.6 Å². The van der Waals surface area contributed by atoms with Gasteiger partial charge in [-0.25, -0.2) is 5.10 Å². The van der Waals surface area contributed by atoms with Gasteiger partial charge in [0.25, 0.3) is 11.5 Å². The Morgan fingerprint density at radius 3 is 2.73 bits per heavy atom. The second-order valence-electron chi connectivity index (χ2n) is 6.88. The molecule has 2 amide bonds. The minimum absolute atomic E-state index is 0.0994. The van der Waals surface area contributed by atoms with Crippen molar-refractivity contribution in [1.82, 2.24) is 40.6 Å². The lowest BCUT2D eigenvalue weighted by molar-refractivity contribution is -0.126. The fraction of sp³-hybridized carbons (Fsp3) is 0.316. The molecule has 0 bridgehead atoms. The molecule has 1 saturated heterocycles. The first-order chi connectivity index (χ1) is 14.6. The van der Waals surface area contributed by atoms with E-state index in [1.165, 1.54) is 17.0 Å². The summed E-state index contributed by atoms with van der Waals surface area (Å²) in [5.41, 5.74) is 0.489. The van der Waals surface area contributed by atoms with E-state index in [1.54, 1.807) is 4.68 Å². The molecule has 4 rings (SSSR count). The van der Waals surface area contributed by atoms with Crippen molar-refractivity contribution in [3.05, 3.63) is 64.3 Å². The van der Waals surface area contributed by atoms with E-state index in [4.69, 9.17) is 0 Å². The van der Waals surface area contributed by atoms with Gasteiger partial charge < -0.3 is 10.2 Å². The number of hydrogen-bond donors (Lipinski definition) is 2. The summed E-state index contributed by atoms with van der Waals surface area (Å²) >= 11 is 0. The molecule has 1 aromatic carbocycles. The lowest BCUT2D eigenvalue weighted by atomic mass is 10.0. The van der Waals surface area contributed by atoms with E-state index >= 15 is 0 Å². The highest BCUT2D eigenvalue weighted by molar-refractivity contribution is 5.96. The number of rotatable bonds is 5. The molecule has 2 aromatic heterocycles. The molecular formula is C19H20N8O3. The normalized spacial score (nSPS) is 16.3. The zero-order chi connectivity index (χ0) is 20.9. The van der Waals surface area contributed by atoms with Crippen LogP contribution in [0.3, 0.4) is 0 Å². The Hall–Kier alpha value is -3.89. The van der Waals surface area contributed by atoms with Crippen LogP contribution in [-0.4, -0.2) is 59.7 Å². The van der Waals surface area contributed by atoms with Gasteiger partial charge in [0.2, 0.25) is 5.91 Å². The van der Waals surface area contributed by atoms with Gasteiger partial charge in [-0.15, -0.1) is 5.10 Å². The minimum Gasteiger partial charge on any atom is -0.347 e. The number of carbonyl (C=O) groups excluding carboxylic acids is 2. The maximum atomic E-state index is 12.9. The summed E-state index contributed by atoms with van der Waals surface area (Å²) in [7, 11) is 0. The third-order valence-electron chi connectivity index (χ3n) is 4.92. The standard InChI is InChI=1S/C19H20N8O3/c28-17-10-9-14(21-23-17)19(30)26-11-5-4-8-15(26)18(29)20-12-16-22-24-25-27(16)13-6-2-1-3-7-13/h1-3,6-7,9-10,15H,4-5,8,11-12H2,(H,20,29)(H,23,28). The number of carbonyl (C=O) groups is 2. The third kappa shape index (κ3) is 4.09. The molecular weight excluding hydrogens is 388 g/mol. The van der Waals surface area contributed by atoms with Crippen LogP contribution >= 0.6 is 0 Å². The van der Waals surface area contributed by atoms with Crippen molar-refractivity contribution in [3.63, 3.8) is 0 Å². The second-order valence-corrected chi connectivity index (χ2v) is 6.88. The molecule has 1 atom stereocenters. The maximum Gasteiger partial charge on any atom is 0.274 e. The van der Waals surface area contributed by atoms with Crippen molar-refractivity contribution in [3.8, 4) is 5.69 Å². The number of aromatic nitrogens is 6. The molecule has 2 N–H and O–H groups in total. The smallest absolute Gasteiger partial charge is 0.274 e. The first kappa shape index (κ1) is 19.4. The van der Waals surface area contributed by atoms with Crippen molar-refractivity contribution >= 4 is 11.8 Å². The molecule has 11 heteroatoms. The first-order valence-electron chi connectivity index (χ1n) is 9.60. The van der Waals surface area contributed by atoms with E-state index < -0.39 is 11.6 Å². The quantitative estimate of drug-likeness (QED) is 0.608. The van der Waals surface area contributed by atoms with Crippen LogP contribution in [0.15, 0.2) is 47.3 Å². The molecule has 0 saturated carbocycles. The van der Waals surface area contributed by atoms with Crippen LogP contribution in [0.5, 0.6) is 0 Å². The number of amides is 2. The molecule has 1 fully saturated rings. The average molecular weight is 408 g/mol. The lowest BCUT2D eigenvalue weighted by Crippen LogP contribution is -2.52. The molecule has 30 heavy (non-hydrogen) atoms. The van der Waals surface area contributed by atoms with Gasteiger partial charge in [-0.3, -0.25) is 14.4 Å². The summed E-state index contributed by atoms with van der Waals surface area (Å²) in [6.45, 7) is 0.565. The molecule has 0 spiro atoms. The number of likely N-dealkylation sites (tertiary alicyclic amines) is 1. The third-order valence-corrected chi connectivity index (χ3v) is 4.92. The average Bonchev–Trinajstić information content (AvgIpc) is 3.27. The van der Waals surface area contributed by atoms with E-state index in [0.29, 0.717) is 18.8 Å². The molecule has 1 unspecified atom stereocenters. The Balaban J connectivity index is 1.46. The van der Waals surface area contributed by atoms with Crippen molar-refractivity contribution < 1.29 is 9.59 Å². The fourth-order valence-corrected chi connectivity index (χ4v) is 3.43. The number of aromatic amines is 1. The van der Waals surface area contributed by atoms with Crippen LogP contribution in [0.4, 0.5) is 0 Å². The highest BCUT2D eigenvalue weighted by Crippen LogP contribution is 2.19. The summed E-state index contributed by atoms with van der Waals surface area (Å²) in [5.74, 6) is -0.194. The van der Waals surface area contributed by atoms with Crippen LogP contribution in [-0.2, 0) is 11.3 Å². The number of tetrazole rings is 1. The van der Waals surface area contributed by atoms with Crippen molar-refractivity contribution in [2.24, 2.45) is 0 Å². The Labute approximate surface area is 171 Å². The largest absolute Gasteiger partial charge is 0.347 e. The lowest BCUT2D eigenvalue weighted by Gasteiger charge is -2.34. The van der Waals surface area contributed by atoms with Crippen molar-refractivity contribution in [2.45, 2.75) is 31.8 Å². The molecule has 11 nitrogen and oxygen atoms in total. The predicted molar refractivity (Wildman–Crippen MR) is 105 cm³/mol. The molecule has 0 radical (unpaired) electrons. The van der Waals surface area contributed by atoms with Crippen LogP contribution in [0.2, 0.25) is 0 Å². The minimum atomic E-state index is -0.624. The van der Waals surface area contributed by atoms with E-state index in [9.17, 15) is 14.4 Å². The van der Waals surface area contributed by atoms with Gasteiger partial charge in [-0.2, -0.15) is 9.78 Å². The van der Waals surface area contributed by atoms with E-state index in [-0.39, 0.29) is 24.1 Å². The fourth-order valence-electron chi connectivity index (χ4n) is 3.43. The monoisotopic (exact) mass is 408 g/mol. The summed E-state index contributed by atoms with van der Waals surface area (Å²) in [6.07, 6.45) is 2.18. The molecule has 3 heterocycles. The van der Waals surface area contributed by atoms with Gasteiger partial charge in [0.1, 0.15) is 11.7 Å². The zero-order valence-electron chi connectivity index (χ0n) is 16.1. The van der Waals surface area contributed by atoms with Gasteiger partial charge in [0.05, 0.1) is 12.2 Å². The maximum absolute atomic E-state index is 12.9. The van der Waals surface area contributed by atoms with Gasteiger partial charge in [-0.1, -0.05) is 18.2 Å². The van der Waals surface area contributed by atoms with Crippen LogP contribution < -0.4 is 10.9 Å². The van der Waals surface area contributed by atoms with Crippen molar-refractivity contribution in [2.75, 3.05) is 6.54 Å². The highest BCUT2D eigenvalue weighted by atomic mass is 16.2. The Bertz CT molecular complexity index is 1070. The molecule has 3 aromatic rings. The van der Waals surface area contributed by atoms with Gasteiger partial charge in [-0.05, 0) is 47.9 Å². The SMILES string of the molecule is O=C(NCc1nnnn1-c1ccccc1)C1CCCCN1C(=O)c1ccc(=O)[nH]n1. The van der Waals surface area contributed by atoms with Gasteiger partial charge >= 0.3 is 0 Å². The zero-order valence-corrected chi connectivity index (χ0v) is 16.1. The van der Waals surface area contributed by atoms with Crippen LogP contribution in [0.25, 0.3) is 5.69 Å². The van der Waals surface area contributed by atoms with E-state index in [1.807, 2.05) is 30.3 Å². The molecule has 1 aliphatic rings. The Morgan fingerprint density at radius 2 is 1.97 bits per heavy atom. The molecule has 154 valence electrons. The summed E-state index contributed by atoms with van der Waals surface area (Å²) in [6, 6.07) is 11.3. The first-order valence-corrected chi connectivity index (χ1v) is 9.60. The number of H-pyrrole nitrogens is 1. The molecule has 0 aliphatic carbocycles. The number of piperidine rings is 1. The Morgan fingerprint density at radius 1 is 1.13 bits per heavy atom.